The molecule has 0 bridgehead atoms. The average Bonchev–Trinajstić information content (AvgIpc) is 3.74. The zero-order chi connectivity index (χ0) is 43.4. The summed E-state index contributed by atoms with van der Waals surface area (Å²) in [6.45, 7) is 28.7. The number of nitrogens with zero attached hydrogens (tertiary/aromatic N) is 2. The lowest BCUT2D eigenvalue weighted by molar-refractivity contribution is 0.589. The first-order valence-corrected chi connectivity index (χ1v) is 22.8. The fraction of sp³-hybridized carbons (Fsp3) is 0.276. The third-order valence-electron chi connectivity index (χ3n) is 14.4. The van der Waals surface area contributed by atoms with Crippen molar-refractivity contribution in [2.45, 2.75) is 105 Å². The topological polar surface area (TPSA) is 6.48 Å². The van der Waals surface area contributed by atoms with Crippen LogP contribution in [-0.2, 0) is 21.7 Å². The highest BCUT2D eigenvalue weighted by Crippen LogP contribution is 2.50. The standard InChI is InChI=1S/C58H58B2N2/c1-55(2,3)35-26-28-39(29-27-35)62-48-33-37(57(7,8)9)30-42-40-22-16-18-24-44(40)59(51(42)48)46-34-49-53(50(54(46)62)58(10,11)12)60-45-25-19-17-23-41(45)43-31-36(56(4,5)6)32-47(52(43)60)61(49)38-20-14-13-15-21-38/h13-34H,1-12H3. The Bertz CT molecular complexity index is 3000. The third-order valence-corrected chi connectivity index (χ3v) is 14.4. The fourth-order valence-corrected chi connectivity index (χ4v) is 11.4. The largest absolute Gasteiger partial charge is 0.311 e. The molecule has 0 radical (unpaired) electrons. The second-order valence-electron chi connectivity index (χ2n) is 22.6. The molecule has 0 saturated heterocycles. The van der Waals surface area contributed by atoms with Crippen LogP contribution < -0.4 is 42.6 Å². The van der Waals surface area contributed by atoms with Gasteiger partial charge in [-0.2, -0.15) is 0 Å². The van der Waals surface area contributed by atoms with Crippen molar-refractivity contribution in [2.24, 2.45) is 0 Å². The van der Waals surface area contributed by atoms with Crippen molar-refractivity contribution >= 4 is 80.3 Å². The molecule has 0 aliphatic carbocycles. The lowest BCUT2D eigenvalue weighted by Crippen LogP contribution is -2.61. The molecule has 306 valence electrons. The molecule has 0 spiro atoms. The van der Waals surface area contributed by atoms with Crippen LogP contribution in [0.4, 0.5) is 34.1 Å². The molecule has 4 heteroatoms. The van der Waals surface area contributed by atoms with Gasteiger partial charge in [0.2, 0.25) is 13.4 Å². The van der Waals surface area contributed by atoms with Gasteiger partial charge in [0.15, 0.2) is 0 Å². The van der Waals surface area contributed by atoms with Crippen LogP contribution in [0, 0.1) is 0 Å². The van der Waals surface area contributed by atoms with E-state index in [9.17, 15) is 0 Å². The molecular weight excluding hydrogens is 746 g/mol. The molecule has 7 aromatic carbocycles. The van der Waals surface area contributed by atoms with Gasteiger partial charge in [0, 0.05) is 34.1 Å². The fourth-order valence-electron chi connectivity index (χ4n) is 11.4. The maximum Gasteiger partial charge on any atom is 0.248 e. The molecule has 4 aliphatic rings. The number of rotatable bonds is 2. The Morgan fingerprint density at radius 2 is 0.790 bits per heavy atom. The highest BCUT2D eigenvalue weighted by molar-refractivity contribution is 7.03. The van der Waals surface area contributed by atoms with E-state index in [1.165, 1.54) is 111 Å². The van der Waals surface area contributed by atoms with Gasteiger partial charge in [-0.05, 0) is 130 Å². The summed E-state index contributed by atoms with van der Waals surface area (Å²) < 4.78 is 0. The second kappa shape index (κ2) is 12.9. The summed E-state index contributed by atoms with van der Waals surface area (Å²) in [5.74, 6) is 0. The summed E-state index contributed by atoms with van der Waals surface area (Å²) in [5, 5.41) is 0. The quantitative estimate of drug-likeness (QED) is 0.161. The number of fused-ring (bicyclic) bond motifs is 10. The number of para-hydroxylation sites is 1. The van der Waals surface area contributed by atoms with Gasteiger partial charge in [-0.1, -0.05) is 185 Å². The minimum Gasteiger partial charge on any atom is -0.311 e. The first-order valence-electron chi connectivity index (χ1n) is 22.8. The summed E-state index contributed by atoms with van der Waals surface area (Å²) >= 11 is 0. The molecule has 4 heterocycles. The number of hydrogen-bond acceptors (Lipinski definition) is 2. The minimum absolute atomic E-state index is 0.0315. The predicted molar refractivity (Wildman–Crippen MR) is 271 cm³/mol. The predicted octanol–water partition coefficient (Wildman–Crippen LogP) is 11.4. The van der Waals surface area contributed by atoms with E-state index in [4.69, 9.17) is 0 Å². The molecule has 0 saturated carbocycles. The molecule has 7 aromatic rings. The Morgan fingerprint density at radius 3 is 1.32 bits per heavy atom. The zero-order valence-corrected chi connectivity index (χ0v) is 38.8. The summed E-state index contributed by atoms with van der Waals surface area (Å²) in [6, 6.07) is 52.1. The molecule has 4 aliphatic heterocycles. The van der Waals surface area contributed by atoms with Crippen LogP contribution in [0.3, 0.4) is 0 Å². The van der Waals surface area contributed by atoms with E-state index in [-0.39, 0.29) is 35.1 Å². The van der Waals surface area contributed by atoms with Gasteiger partial charge >= 0.3 is 0 Å². The summed E-state index contributed by atoms with van der Waals surface area (Å²) in [7, 11) is 0. The Kier molecular flexibility index (Phi) is 8.15. The molecule has 0 unspecified atom stereocenters. The Hall–Kier alpha value is -5.73. The Labute approximate surface area is 371 Å². The molecule has 0 fully saturated rings. The van der Waals surface area contributed by atoms with Gasteiger partial charge in [-0.15, -0.1) is 0 Å². The molecule has 11 rings (SSSR count). The van der Waals surface area contributed by atoms with Crippen molar-refractivity contribution < 1.29 is 0 Å². The van der Waals surface area contributed by atoms with Crippen LogP contribution in [0.1, 0.15) is 105 Å². The van der Waals surface area contributed by atoms with Crippen molar-refractivity contribution in [2.75, 3.05) is 9.80 Å². The number of hydrogen-bond donors (Lipinski definition) is 0. The smallest absolute Gasteiger partial charge is 0.248 e. The van der Waals surface area contributed by atoms with Gasteiger partial charge < -0.3 is 9.80 Å². The van der Waals surface area contributed by atoms with E-state index < -0.39 is 0 Å². The van der Waals surface area contributed by atoms with Crippen molar-refractivity contribution in [3.63, 3.8) is 0 Å². The van der Waals surface area contributed by atoms with Gasteiger partial charge in [0.25, 0.3) is 0 Å². The molecule has 0 aromatic heterocycles. The minimum atomic E-state index is -0.234. The molecule has 0 amide bonds. The monoisotopic (exact) mass is 804 g/mol. The molecule has 0 atom stereocenters. The number of benzene rings is 7. The highest BCUT2D eigenvalue weighted by Gasteiger charge is 2.51. The molecule has 0 N–H and O–H groups in total. The molecule has 62 heavy (non-hydrogen) atoms. The van der Waals surface area contributed by atoms with E-state index >= 15 is 0 Å². The van der Waals surface area contributed by atoms with E-state index in [2.05, 4.69) is 226 Å². The van der Waals surface area contributed by atoms with E-state index in [0.29, 0.717) is 0 Å². The third kappa shape index (κ3) is 5.57. The Morgan fingerprint density at radius 1 is 0.339 bits per heavy atom. The van der Waals surface area contributed by atoms with Crippen molar-refractivity contribution in [1.82, 2.24) is 0 Å². The second-order valence-corrected chi connectivity index (χ2v) is 22.6. The van der Waals surface area contributed by atoms with Crippen molar-refractivity contribution in [3.05, 3.63) is 156 Å². The molecular formula is C58H58B2N2. The summed E-state index contributed by atoms with van der Waals surface area (Å²) in [5.41, 5.74) is 26.9. The van der Waals surface area contributed by atoms with E-state index in [0.717, 1.165) is 0 Å². The van der Waals surface area contributed by atoms with Crippen LogP contribution in [0.25, 0.3) is 22.3 Å². The van der Waals surface area contributed by atoms with E-state index in [1.54, 1.807) is 0 Å². The van der Waals surface area contributed by atoms with E-state index in [1.807, 2.05) is 0 Å². The first kappa shape index (κ1) is 39.1. The first-order chi connectivity index (χ1) is 29.3. The lowest BCUT2D eigenvalue weighted by atomic mass is 9.33. The lowest BCUT2D eigenvalue weighted by Gasteiger charge is -2.46. The van der Waals surface area contributed by atoms with Crippen LogP contribution in [0.2, 0.25) is 0 Å². The average molecular weight is 805 g/mol. The normalized spacial score (nSPS) is 14.6. The van der Waals surface area contributed by atoms with Gasteiger partial charge in [0.1, 0.15) is 0 Å². The SMILES string of the molecule is CC(C)(C)c1ccc(N2c3cc(C(C)(C)C)cc4c3B(c3ccccc3-4)c3cc4c(c(C(C)(C)C)c32)B2c3ccccc3-c3cc(C(C)(C)C)cc(c32)N4c2ccccc2)cc1. The van der Waals surface area contributed by atoms with Crippen molar-refractivity contribution in [1.29, 1.82) is 0 Å². The Balaban J connectivity index is 1.33. The maximum atomic E-state index is 2.70. The zero-order valence-electron chi connectivity index (χ0n) is 38.8. The van der Waals surface area contributed by atoms with Gasteiger partial charge in [0.05, 0.1) is 0 Å². The summed E-state index contributed by atoms with van der Waals surface area (Å²) in [4.78, 5) is 5.34. The number of anilines is 6. The van der Waals surface area contributed by atoms with Crippen LogP contribution in [0.5, 0.6) is 0 Å². The van der Waals surface area contributed by atoms with Gasteiger partial charge in [-0.3, -0.25) is 0 Å². The van der Waals surface area contributed by atoms with Crippen LogP contribution in [-0.4, -0.2) is 13.4 Å². The highest BCUT2D eigenvalue weighted by atomic mass is 15.2. The summed E-state index contributed by atoms with van der Waals surface area (Å²) in [6.07, 6.45) is 0. The maximum absolute atomic E-state index is 2.70. The van der Waals surface area contributed by atoms with Crippen molar-refractivity contribution in [3.8, 4) is 22.3 Å². The van der Waals surface area contributed by atoms with Gasteiger partial charge in [-0.25, -0.2) is 0 Å². The van der Waals surface area contributed by atoms with Crippen LogP contribution in [0.15, 0.2) is 133 Å². The molecule has 2 nitrogen and oxygen atoms in total. The van der Waals surface area contributed by atoms with Crippen LogP contribution >= 0.6 is 0 Å².